The van der Waals surface area contributed by atoms with Crippen molar-refractivity contribution in [2.24, 2.45) is 12.0 Å². The van der Waals surface area contributed by atoms with Gasteiger partial charge in [0.25, 0.3) is 11.7 Å². The van der Waals surface area contributed by atoms with Gasteiger partial charge in [-0.1, -0.05) is 24.3 Å². The van der Waals surface area contributed by atoms with Crippen molar-refractivity contribution in [3.8, 4) is 5.75 Å². The zero-order valence-corrected chi connectivity index (χ0v) is 14.8. The highest BCUT2D eigenvalue weighted by molar-refractivity contribution is 5.93. The first-order valence-electron chi connectivity index (χ1n) is 8.42. The van der Waals surface area contributed by atoms with Crippen molar-refractivity contribution in [2.45, 2.75) is 19.4 Å². The van der Waals surface area contributed by atoms with Crippen LogP contribution in [0.4, 0.5) is 5.82 Å². The van der Waals surface area contributed by atoms with Crippen LogP contribution < -0.4 is 4.74 Å². The minimum atomic E-state index is -0.508. The molecule has 0 N–H and O–H groups in total. The second-order valence-corrected chi connectivity index (χ2v) is 6.03. The standard InChI is InChI=1S/C14H14N4O3.C4H7N/c1-3-9-15-14(21-11-7-5-4-6-8-11)13-16-10-12(17(13)2)18(19)20;1-2-5-3-4(1)5/h3-10H,1-2H3;4H,1-3H2. The number of ether oxygens (including phenoxy) is 1. The average molecular weight is 355 g/mol. The average Bonchev–Trinajstić information content (AvgIpc) is 3.02. The van der Waals surface area contributed by atoms with Gasteiger partial charge >= 0.3 is 5.82 Å². The van der Waals surface area contributed by atoms with Crippen LogP contribution in [0.25, 0.3) is 0 Å². The lowest BCUT2D eigenvalue weighted by Crippen LogP contribution is -2.16. The molecule has 8 heteroatoms. The van der Waals surface area contributed by atoms with Gasteiger partial charge < -0.3 is 14.9 Å². The molecule has 1 aromatic carbocycles. The Kier molecular flexibility index (Phi) is 5.43. The fourth-order valence-corrected chi connectivity index (χ4v) is 2.54. The molecule has 2 aliphatic rings. The van der Waals surface area contributed by atoms with Crippen molar-refractivity contribution in [2.75, 3.05) is 13.1 Å². The normalized spacial score (nSPS) is 20.6. The highest BCUT2D eigenvalue weighted by Crippen LogP contribution is 2.30. The van der Waals surface area contributed by atoms with E-state index in [9.17, 15) is 10.1 Å². The molecule has 0 amide bonds. The number of hydrogen-bond donors (Lipinski definition) is 0. The fourth-order valence-electron chi connectivity index (χ4n) is 2.54. The third-order valence-corrected chi connectivity index (χ3v) is 4.22. The molecule has 8 nitrogen and oxygen atoms in total. The Labute approximate surface area is 151 Å². The van der Waals surface area contributed by atoms with Crippen molar-refractivity contribution >= 4 is 11.7 Å². The Balaban J connectivity index is 0.000000328. The van der Waals surface area contributed by atoms with Crippen LogP contribution in [0.2, 0.25) is 0 Å². The SMILES string of the molecule is C1CN2CC12.CC=CN=C(Oc1ccccc1)c1ncc([N+](=O)[O-])n1C. The molecule has 0 bridgehead atoms. The van der Waals surface area contributed by atoms with Crippen molar-refractivity contribution in [1.82, 2.24) is 14.5 Å². The van der Waals surface area contributed by atoms with E-state index in [1.807, 2.05) is 25.1 Å². The highest BCUT2D eigenvalue weighted by Gasteiger charge is 2.41. The number of imidazole rings is 1. The first-order chi connectivity index (χ1) is 12.6. The number of hydrogen-bond acceptors (Lipinski definition) is 6. The predicted octanol–water partition coefficient (Wildman–Crippen LogP) is 2.76. The molecular formula is C18H21N5O3. The second kappa shape index (κ2) is 7.92. The van der Waals surface area contributed by atoms with Gasteiger partial charge in [-0.25, -0.2) is 14.5 Å². The summed E-state index contributed by atoms with van der Waals surface area (Å²) < 4.78 is 6.99. The van der Waals surface area contributed by atoms with Crippen molar-refractivity contribution in [3.05, 3.63) is 64.7 Å². The predicted molar refractivity (Wildman–Crippen MR) is 98.3 cm³/mol. The van der Waals surface area contributed by atoms with E-state index in [1.54, 1.807) is 31.5 Å². The van der Waals surface area contributed by atoms with Gasteiger partial charge in [-0.2, -0.15) is 0 Å². The number of rotatable bonds is 4. The monoisotopic (exact) mass is 355 g/mol. The minimum Gasteiger partial charge on any atom is -0.434 e. The first kappa shape index (κ1) is 17.8. The summed E-state index contributed by atoms with van der Waals surface area (Å²) in [6.45, 7) is 4.62. The molecule has 136 valence electrons. The van der Waals surface area contributed by atoms with Gasteiger partial charge in [-0.05, 0) is 30.4 Å². The number of nitro groups is 1. The van der Waals surface area contributed by atoms with Crippen LogP contribution in [0.3, 0.4) is 0 Å². The number of allylic oxidation sites excluding steroid dienone is 1. The topological polar surface area (TPSA) is 85.6 Å². The van der Waals surface area contributed by atoms with Crippen LogP contribution in [0.5, 0.6) is 5.75 Å². The van der Waals surface area contributed by atoms with E-state index in [4.69, 9.17) is 4.74 Å². The molecule has 0 spiro atoms. The molecule has 2 aliphatic heterocycles. The molecule has 0 radical (unpaired) electrons. The molecule has 0 saturated carbocycles. The van der Waals surface area contributed by atoms with Gasteiger partial charge in [0.05, 0.1) is 7.05 Å². The number of benzene rings is 1. The van der Waals surface area contributed by atoms with Gasteiger partial charge in [0.2, 0.25) is 0 Å². The summed E-state index contributed by atoms with van der Waals surface area (Å²) in [4.78, 5) is 21.0. The summed E-state index contributed by atoms with van der Waals surface area (Å²) in [6, 6.07) is 10.1. The van der Waals surface area contributed by atoms with Crippen LogP contribution in [0.1, 0.15) is 19.2 Å². The lowest BCUT2D eigenvalue weighted by atomic mass is 10.3. The number of aliphatic imine (C=N–C) groups is 1. The van der Waals surface area contributed by atoms with Crippen LogP contribution in [-0.2, 0) is 7.05 Å². The van der Waals surface area contributed by atoms with Gasteiger partial charge in [0.1, 0.15) is 11.9 Å². The summed E-state index contributed by atoms with van der Waals surface area (Å²) in [5, 5.41) is 10.9. The van der Waals surface area contributed by atoms with E-state index >= 15 is 0 Å². The maximum absolute atomic E-state index is 10.9. The number of aromatic nitrogens is 2. The number of para-hydroxylation sites is 1. The van der Waals surface area contributed by atoms with Crippen LogP contribution >= 0.6 is 0 Å². The van der Waals surface area contributed by atoms with E-state index in [0.29, 0.717) is 5.75 Å². The van der Waals surface area contributed by atoms with E-state index < -0.39 is 4.92 Å². The fraction of sp³-hybridized carbons (Fsp3) is 0.333. The third kappa shape index (κ3) is 4.15. The Morgan fingerprint density at radius 2 is 2.15 bits per heavy atom. The van der Waals surface area contributed by atoms with E-state index in [-0.39, 0.29) is 17.5 Å². The lowest BCUT2D eigenvalue weighted by molar-refractivity contribution is -0.391. The lowest BCUT2D eigenvalue weighted by Gasteiger charge is -2.08. The van der Waals surface area contributed by atoms with Crippen LogP contribution in [0, 0.1) is 10.1 Å². The number of nitrogens with zero attached hydrogens (tertiary/aromatic N) is 5. The zero-order chi connectivity index (χ0) is 18.5. The summed E-state index contributed by atoms with van der Waals surface area (Å²) in [5.74, 6) is 0.916. The molecule has 2 aromatic rings. The first-order valence-corrected chi connectivity index (χ1v) is 8.42. The van der Waals surface area contributed by atoms with Crippen molar-refractivity contribution < 1.29 is 9.66 Å². The van der Waals surface area contributed by atoms with Crippen LogP contribution in [-0.4, -0.2) is 44.4 Å². The third-order valence-electron chi connectivity index (χ3n) is 4.22. The van der Waals surface area contributed by atoms with Gasteiger partial charge in [-0.15, -0.1) is 0 Å². The molecule has 2 unspecified atom stereocenters. The molecule has 2 fully saturated rings. The molecule has 2 saturated heterocycles. The zero-order valence-electron chi connectivity index (χ0n) is 14.8. The quantitative estimate of drug-likeness (QED) is 0.277. The van der Waals surface area contributed by atoms with Gasteiger partial charge in [0.15, 0.2) is 0 Å². The van der Waals surface area contributed by atoms with Gasteiger partial charge in [0, 0.05) is 25.3 Å². The summed E-state index contributed by atoms with van der Waals surface area (Å²) in [5.41, 5.74) is 0. The summed E-state index contributed by atoms with van der Waals surface area (Å²) in [7, 11) is 1.54. The molecule has 0 aliphatic carbocycles. The van der Waals surface area contributed by atoms with E-state index in [2.05, 4.69) is 14.9 Å². The minimum absolute atomic E-state index is 0.130. The van der Waals surface area contributed by atoms with E-state index in [1.165, 1.54) is 30.3 Å². The number of fused-ring (bicyclic) bond motifs is 1. The molecule has 1 aromatic heterocycles. The summed E-state index contributed by atoms with van der Waals surface area (Å²) >= 11 is 0. The summed E-state index contributed by atoms with van der Waals surface area (Å²) in [6.07, 6.45) is 5.93. The molecule has 26 heavy (non-hydrogen) atoms. The van der Waals surface area contributed by atoms with Crippen molar-refractivity contribution in [3.63, 3.8) is 0 Å². The van der Waals surface area contributed by atoms with Crippen LogP contribution in [0.15, 0.2) is 53.8 Å². The second-order valence-electron chi connectivity index (χ2n) is 6.03. The molecule has 3 heterocycles. The largest absolute Gasteiger partial charge is 0.434 e. The maximum Gasteiger partial charge on any atom is 0.343 e. The molecular weight excluding hydrogens is 334 g/mol. The van der Waals surface area contributed by atoms with Crippen molar-refractivity contribution in [1.29, 1.82) is 0 Å². The Morgan fingerprint density at radius 3 is 2.62 bits per heavy atom. The Bertz CT molecular complexity index is 817. The Hall–Kier alpha value is -3.00. The van der Waals surface area contributed by atoms with E-state index in [0.717, 1.165) is 6.04 Å². The molecule has 2 atom stereocenters. The molecule has 4 rings (SSSR count). The Morgan fingerprint density at radius 1 is 1.42 bits per heavy atom. The smallest absolute Gasteiger partial charge is 0.343 e. The van der Waals surface area contributed by atoms with Gasteiger partial charge in [-0.3, -0.25) is 4.90 Å². The maximum atomic E-state index is 10.9. The highest BCUT2D eigenvalue weighted by atomic mass is 16.6.